The third-order valence-electron chi connectivity index (χ3n) is 2.65. The van der Waals surface area contributed by atoms with Crippen molar-refractivity contribution >= 4 is 27.5 Å². The lowest BCUT2D eigenvalue weighted by atomic mass is 10.1. The maximum atomic E-state index is 13.3. The minimum atomic E-state index is -0.395. The van der Waals surface area contributed by atoms with Crippen LogP contribution < -0.4 is 5.32 Å². The van der Waals surface area contributed by atoms with Crippen LogP contribution in [0.2, 0.25) is 0 Å². The predicted octanol–water partition coefficient (Wildman–Crippen LogP) is 4.08. The van der Waals surface area contributed by atoms with Gasteiger partial charge in [0, 0.05) is 5.69 Å². The second-order valence-corrected chi connectivity index (χ2v) is 5.20. The second kappa shape index (κ2) is 5.97. The van der Waals surface area contributed by atoms with Crippen LogP contribution >= 0.6 is 15.9 Å². The van der Waals surface area contributed by atoms with E-state index in [1.54, 1.807) is 12.1 Å². The van der Waals surface area contributed by atoms with Crippen LogP contribution in [0.15, 0.2) is 46.9 Å². The molecule has 0 saturated heterocycles. The van der Waals surface area contributed by atoms with Gasteiger partial charge in [0.25, 0.3) is 0 Å². The molecule has 0 heterocycles. The zero-order chi connectivity index (χ0) is 13.8. The van der Waals surface area contributed by atoms with Crippen LogP contribution in [0.25, 0.3) is 0 Å². The highest BCUT2D eigenvalue weighted by Gasteiger charge is 2.06. The molecule has 4 heteroatoms. The normalized spacial score (nSPS) is 10.3. The number of carbonyl (C=O) groups is 1. The molecule has 2 rings (SSSR count). The van der Waals surface area contributed by atoms with Gasteiger partial charge in [0.15, 0.2) is 0 Å². The van der Waals surface area contributed by atoms with E-state index < -0.39 is 5.82 Å². The monoisotopic (exact) mass is 321 g/mol. The predicted molar refractivity (Wildman–Crippen MR) is 77.6 cm³/mol. The fourth-order valence-corrected chi connectivity index (χ4v) is 2.03. The Balaban J connectivity index is 2.03. The maximum Gasteiger partial charge on any atom is 0.228 e. The van der Waals surface area contributed by atoms with Crippen molar-refractivity contribution < 1.29 is 9.18 Å². The van der Waals surface area contributed by atoms with E-state index in [0.29, 0.717) is 10.2 Å². The minimum Gasteiger partial charge on any atom is -0.326 e. The molecule has 0 spiro atoms. The quantitative estimate of drug-likeness (QED) is 0.906. The molecular formula is C15H13BrFNO. The van der Waals surface area contributed by atoms with Crippen LogP contribution in [0, 0.1) is 12.7 Å². The molecule has 0 bridgehead atoms. The smallest absolute Gasteiger partial charge is 0.228 e. The number of halogens is 2. The number of amides is 1. The highest BCUT2D eigenvalue weighted by Crippen LogP contribution is 2.19. The van der Waals surface area contributed by atoms with Crippen molar-refractivity contribution in [1.82, 2.24) is 0 Å². The maximum absolute atomic E-state index is 13.3. The van der Waals surface area contributed by atoms with E-state index in [1.165, 1.54) is 6.07 Å². The van der Waals surface area contributed by atoms with Gasteiger partial charge in [-0.05, 0) is 46.6 Å². The van der Waals surface area contributed by atoms with Crippen LogP contribution in [0.4, 0.5) is 10.1 Å². The SMILES string of the molecule is Cc1cccc(CC(=O)Nc2ccc(Br)c(F)c2)c1. The molecule has 0 unspecified atom stereocenters. The van der Waals surface area contributed by atoms with E-state index >= 15 is 0 Å². The Bertz CT molecular complexity index is 613. The summed E-state index contributed by atoms with van der Waals surface area (Å²) in [6.45, 7) is 1.98. The topological polar surface area (TPSA) is 29.1 Å². The highest BCUT2D eigenvalue weighted by atomic mass is 79.9. The number of aryl methyl sites for hydroxylation is 1. The van der Waals surface area contributed by atoms with Crippen molar-refractivity contribution in [2.45, 2.75) is 13.3 Å². The third kappa shape index (κ3) is 3.89. The van der Waals surface area contributed by atoms with Crippen LogP contribution in [0.1, 0.15) is 11.1 Å². The van der Waals surface area contributed by atoms with Crippen LogP contribution in [-0.2, 0) is 11.2 Å². The van der Waals surface area contributed by atoms with Crippen molar-refractivity contribution in [1.29, 1.82) is 0 Å². The molecule has 2 aromatic rings. The Labute approximate surface area is 119 Å². The minimum absolute atomic E-state index is 0.160. The number of carbonyl (C=O) groups excluding carboxylic acids is 1. The van der Waals surface area contributed by atoms with Crippen molar-refractivity contribution in [2.24, 2.45) is 0 Å². The Morgan fingerprint density at radius 2 is 2.05 bits per heavy atom. The fourth-order valence-electron chi connectivity index (χ4n) is 1.79. The molecule has 1 amide bonds. The first-order valence-electron chi connectivity index (χ1n) is 5.85. The lowest BCUT2D eigenvalue weighted by molar-refractivity contribution is -0.115. The van der Waals surface area contributed by atoms with Gasteiger partial charge in [-0.2, -0.15) is 0 Å². The van der Waals surface area contributed by atoms with Crippen molar-refractivity contribution in [3.63, 3.8) is 0 Å². The van der Waals surface area contributed by atoms with E-state index in [-0.39, 0.29) is 12.3 Å². The number of hydrogen-bond acceptors (Lipinski definition) is 1. The van der Waals surface area contributed by atoms with Gasteiger partial charge in [0.05, 0.1) is 10.9 Å². The Hall–Kier alpha value is -1.68. The van der Waals surface area contributed by atoms with Gasteiger partial charge in [-0.1, -0.05) is 29.8 Å². The van der Waals surface area contributed by atoms with Crippen LogP contribution in [0.5, 0.6) is 0 Å². The summed E-state index contributed by atoms with van der Waals surface area (Å²) in [5, 5.41) is 2.68. The molecule has 0 saturated carbocycles. The summed E-state index contributed by atoms with van der Waals surface area (Å²) in [6, 6.07) is 12.3. The average Bonchev–Trinajstić information content (AvgIpc) is 2.34. The zero-order valence-electron chi connectivity index (χ0n) is 10.4. The number of nitrogens with one attached hydrogen (secondary N) is 1. The summed E-state index contributed by atoms with van der Waals surface area (Å²) >= 11 is 3.07. The van der Waals surface area contributed by atoms with Crippen molar-refractivity contribution in [3.8, 4) is 0 Å². The van der Waals surface area contributed by atoms with E-state index in [1.807, 2.05) is 31.2 Å². The lowest BCUT2D eigenvalue weighted by Gasteiger charge is -2.06. The summed E-state index contributed by atoms with van der Waals surface area (Å²) in [7, 11) is 0. The van der Waals surface area contributed by atoms with Gasteiger partial charge in [0.2, 0.25) is 5.91 Å². The molecule has 2 nitrogen and oxygen atoms in total. The standard InChI is InChI=1S/C15H13BrFNO/c1-10-3-2-4-11(7-10)8-15(19)18-12-5-6-13(16)14(17)9-12/h2-7,9H,8H2,1H3,(H,18,19). The Morgan fingerprint density at radius 1 is 1.26 bits per heavy atom. The largest absolute Gasteiger partial charge is 0.326 e. The van der Waals surface area contributed by atoms with E-state index in [9.17, 15) is 9.18 Å². The van der Waals surface area contributed by atoms with E-state index in [4.69, 9.17) is 0 Å². The summed E-state index contributed by atoms with van der Waals surface area (Å²) < 4.78 is 13.7. The Kier molecular flexibility index (Phi) is 4.32. The van der Waals surface area contributed by atoms with Crippen molar-refractivity contribution in [3.05, 3.63) is 63.9 Å². The molecule has 2 aromatic carbocycles. The zero-order valence-corrected chi connectivity index (χ0v) is 12.0. The van der Waals surface area contributed by atoms with Gasteiger partial charge in [-0.25, -0.2) is 4.39 Å². The first-order chi connectivity index (χ1) is 9.04. The lowest BCUT2D eigenvalue weighted by Crippen LogP contribution is -2.14. The number of rotatable bonds is 3. The summed E-state index contributed by atoms with van der Waals surface area (Å²) in [6.07, 6.45) is 0.277. The average molecular weight is 322 g/mol. The third-order valence-corrected chi connectivity index (χ3v) is 3.29. The fraction of sp³-hybridized carbons (Fsp3) is 0.133. The molecule has 19 heavy (non-hydrogen) atoms. The molecule has 1 N–H and O–H groups in total. The Morgan fingerprint density at radius 3 is 2.74 bits per heavy atom. The molecule has 0 aliphatic rings. The highest BCUT2D eigenvalue weighted by molar-refractivity contribution is 9.10. The first-order valence-corrected chi connectivity index (χ1v) is 6.64. The molecule has 0 aromatic heterocycles. The summed E-state index contributed by atoms with van der Waals surface area (Å²) in [4.78, 5) is 11.8. The van der Waals surface area contributed by atoms with Gasteiger partial charge in [-0.3, -0.25) is 4.79 Å². The van der Waals surface area contributed by atoms with Gasteiger partial charge in [0.1, 0.15) is 5.82 Å². The molecule has 0 fully saturated rings. The van der Waals surface area contributed by atoms with Crippen molar-refractivity contribution in [2.75, 3.05) is 5.32 Å². The summed E-state index contributed by atoms with van der Waals surface area (Å²) in [5.41, 5.74) is 2.51. The number of anilines is 1. The first kappa shape index (κ1) is 13.7. The summed E-state index contributed by atoms with van der Waals surface area (Å²) in [5.74, 6) is -0.555. The molecule has 0 aliphatic carbocycles. The van der Waals surface area contributed by atoms with E-state index in [0.717, 1.165) is 11.1 Å². The van der Waals surface area contributed by atoms with Gasteiger partial charge >= 0.3 is 0 Å². The van der Waals surface area contributed by atoms with Crippen LogP contribution in [-0.4, -0.2) is 5.91 Å². The molecular weight excluding hydrogens is 309 g/mol. The van der Waals surface area contributed by atoms with Crippen LogP contribution in [0.3, 0.4) is 0 Å². The second-order valence-electron chi connectivity index (χ2n) is 4.34. The number of benzene rings is 2. The van der Waals surface area contributed by atoms with Gasteiger partial charge in [-0.15, -0.1) is 0 Å². The molecule has 0 radical (unpaired) electrons. The van der Waals surface area contributed by atoms with Gasteiger partial charge < -0.3 is 5.32 Å². The molecule has 0 atom stereocenters. The van der Waals surface area contributed by atoms with E-state index in [2.05, 4.69) is 21.2 Å². The molecule has 98 valence electrons. The number of hydrogen-bond donors (Lipinski definition) is 1. The molecule has 0 aliphatic heterocycles.